The summed E-state index contributed by atoms with van der Waals surface area (Å²) in [5.41, 5.74) is 1.97. The van der Waals surface area contributed by atoms with E-state index in [9.17, 15) is 14.4 Å². The second-order valence-electron chi connectivity index (χ2n) is 6.96. The number of aryl methyl sites for hydroxylation is 1. The summed E-state index contributed by atoms with van der Waals surface area (Å²) in [6, 6.07) is 8.97. The highest BCUT2D eigenvalue weighted by Gasteiger charge is 2.19. The summed E-state index contributed by atoms with van der Waals surface area (Å²) in [7, 11) is 0. The van der Waals surface area contributed by atoms with Crippen LogP contribution < -0.4 is 10.6 Å². The molecule has 0 spiro atoms. The molecule has 3 rings (SSSR count). The minimum absolute atomic E-state index is 0.0811. The number of benzene rings is 1. The van der Waals surface area contributed by atoms with Crippen LogP contribution in [0.4, 0.5) is 5.69 Å². The van der Waals surface area contributed by atoms with Gasteiger partial charge < -0.3 is 10.6 Å². The summed E-state index contributed by atoms with van der Waals surface area (Å²) in [5, 5.41) is 9.88. The second kappa shape index (κ2) is 8.62. The molecule has 1 aliphatic rings. The van der Waals surface area contributed by atoms with Crippen LogP contribution in [0.5, 0.6) is 0 Å². The molecule has 1 aromatic heterocycles. The Morgan fingerprint density at radius 1 is 1.22 bits per heavy atom. The fraction of sp³-hybridized carbons (Fsp3) is 0.400. The van der Waals surface area contributed by atoms with Crippen molar-refractivity contribution in [2.45, 2.75) is 51.6 Å². The first-order valence-corrected chi connectivity index (χ1v) is 9.25. The maximum atomic E-state index is 12.4. The molecule has 142 valence electrons. The van der Waals surface area contributed by atoms with E-state index in [0.717, 1.165) is 31.2 Å². The van der Waals surface area contributed by atoms with Crippen LogP contribution >= 0.6 is 0 Å². The summed E-state index contributed by atoms with van der Waals surface area (Å²) in [6.45, 7) is 1.85. The fourth-order valence-corrected chi connectivity index (χ4v) is 3.34. The summed E-state index contributed by atoms with van der Waals surface area (Å²) < 4.78 is 1.27. The predicted molar refractivity (Wildman–Crippen MR) is 102 cm³/mol. The summed E-state index contributed by atoms with van der Waals surface area (Å²) in [4.78, 5) is 36.0. The Morgan fingerprint density at radius 2 is 2.00 bits per heavy atom. The van der Waals surface area contributed by atoms with E-state index in [1.54, 1.807) is 6.07 Å². The van der Waals surface area contributed by atoms with Gasteiger partial charge in [0.05, 0.1) is 0 Å². The van der Waals surface area contributed by atoms with E-state index in [-0.39, 0.29) is 29.9 Å². The van der Waals surface area contributed by atoms with Crippen LogP contribution in [-0.2, 0) is 11.3 Å². The number of carbonyl (C=O) groups is 3. The van der Waals surface area contributed by atoms with Gasteiger partial charge in [0.1, 0.15) is 12.2 Å². The lowest BCUT2D eigenvalue weighted by atomic mass is 9.95. The van der Waals surface area contributed by atoms with Crippen LogP contribution in [0.15, 0.2) is 30.3 Å². The minimum Gasteiger partial charge on any atom is -0.352 e. The van der Waals surface area contributed by atoms with E-state index in [4.69, 9.17) is 0 Å². The molecule has 2 N–H and O–H groups in total. The van der Waals surface area contributed by atoms with Gasteiger partial charge in [0.25, 0.3) is 5.91 Å². The number of carbonyl (C=O) groups excluding carboxylic acids is 3. The molecule has 0 saturated heterocycles. The Hall–Kier alpha value is -2.96. The number of hydrogen-bond acceptors (Lipinski definition) is 4. The molecule has 27 heavy (non-hydrogen) atoms. The van der Waals surface area contributed by atoms with Crippen molar-refractivity contribution in [1.82, 2.24) is 15.1 Å². The highest BCUT2D eigenvalue weighted by atomic mass is 16.2. The van der Waals surface area contributed by atoms with E-state index in [2.05, 4.69) is 15.7 Å². The topological polar surface area (TPSA) is 93.1 Å². The zero-order valence-electron chi connectivity index (χ0n) is 15.4. The van der Waals surface area contributed by atoms with Crippen molar-refractivity contribution in [3.63, 3.8) is 0 Å². The number of hydrogen-bond donors (Lipinski definition) is 2. The Balaban J connectivity index is 1.66. The number of anilines is 1. The lowest BCUT2D eigenvalue weighted by Gasteiger charge is -2.22. The van der Waals surface area contributed by atoms with Crippen LogP contribution in [0.1, 0.15) is 58.6 Å². The smallest absolute Gasteiger partial charge is 0.276 e. The van der Waals surface area contributed by atoms with E-state index < -0.39 is 5.91 Å². The highest BCUT2D eigenvalue weighted by Crippen LogP contribution is 2.17. The third-order valence-corrected chi connectivity index (χ3v) is 4.70. The Morgan fingerprint density at radius 3 is 2.70 bits per heavy atom. The van der Waals surface area contributed by atoms with Gasteiger partial charge in [0.15, 0.2) is 12.0 Å². The third-order valence-electron chi connectivity index (χ3n) is 4.70. The van der Waals surface area contributed by atoms with Crippen molar-refractivity contribution in [3.05, 3.63) is 47.3 Å². The number of aldehydes is 1. The molecule has 2 aromatic rings. The standard InChI is InChI=1S/C20H24N4O3/c1-14-6-5-9-16(10-14)22-20(27)18-11-17(13-25)24(23-18)12-19(26)21-15-7-3-2-4-8-15/h5-6,9-11,13,15H,2-4,7-8,12H2,1H3,(H,21,26)(H,22,27). The molecule has 7 nitrogen and oxygen atoms in total. The van der Waals surface area contributed by atoms with Gasteiger partial charge in [-0.3, -0.25) is 19.1 Å². The number of rotatable bonds is 6. The zero-order valence-corrected chi connectivity index (χ0v) is 15.4. The number of nitrogens with one attached hydrogen (secondary N) is 2. The third kappa shape index (κ3) is 5.03. The first kappa shape index (κ1) is 18.8. The molecule has 1 aromatic carbocycles. The molecule has 0 unspecified atom stereocenters. The van der Waals surface area contributed by atoms with Gasteiger partial charge >= 0.3 is 0 Å². The maximum absolute atomic E-state index is 12.4. The molecule has 1 aliphatic carbocycles. The van der Waals surface area contributed by atoms with Crippen LogP contribution in [0.2, 0.25) is 0 Å². The van der Waals surface area contributed by atoms with E-state index >= 15 is 0 Å². The highest BCUT2D eigenvalue weighted by molar-refractivity contribution is 6.03. The lowest BCUT2D eigenvalue weighted by molar-refractivity contribution is -0.122. The van der Waals surface area contributed by atoms with Gasteiger partial charge in [0.2, 0.25) is 5.91 Å². The van der Waals surface area contributed by atoms with E-state index in [0.29, 0.717) is 12.0 Å². The molecule has 0 atom stereocenters. The molecule has 0 bridgehead atoms. The first-order valence-electron chi connectivity index (χ1n) is 9.25. The van der Waals surface area contributed by atoms with Gasteiger partial charge in [-0.25, -0.2) is 0 Å². The number of nitrogens with zero attached hydrogens (tertiary/aromatic N) is 2. The molecule has 1 saturated carbocycles. The second-order valence-corrected chi connectivity index (χ2v) is 6.96. The molecule has 1 heterocycles. The molecule has 0 radical (unpaired) electrons. The normalized spacial score (nSPS) is 14.6. The first-order chi connectivity index (χ1) is 13.0. The number of aromatic nitrogens is 2. The quantitative estimate of drug-likeness (QED) is 0.767. The van der Waals surface area contributed by atoms with Crippen LogP contribution in [0, 0.1) is 6.92 Å². The number of amides is 2. The van der Waals surface area contributed by atoms with Crippen molar-refractivity contribution in [1.29, 1.82) is 0 Å². The van der Waals surface area contributed by atoms with Crippen LogP contribution in [0.25, 0.3) is 0 Å². The van der Waals surface area contributed by atoms with Crippen LogP contribution in [-0.4, -0.2) is 33.9 Å². The van der Waals surface area contributed by atoms with Gasteiger partial charge in [-0.05, 0) is 43.5 Å². The zero-order chi connectivity index (χ0) is 19.2. The minimum atomic E-state index is -0.421. The lowest BCUT2D eigenvalue weighted by Crippen LogP contribution is -2.38. The van der Waals surface area contributed by atoms with Gasteiger partial charge in [-0.1, -0.05) is 31.4 Å². The molecule has 1 fully saturated rings. The molecule has 0 aliphatic heterocycles. The Bertz CT molecular complexity index is 838. The monoisotopic (exact) mass is 368 g/mol. The van der Waals surface area contributed by atoms with Crippen molar-refractivity contribution >= 4 is 23.8 Å². The van der Waals surface area contributed by atoms with E-state index in [1.165, 1.54) is 17.2 Å². The SMILES string of the molecule is Cc1cccc(NC(=O)c2cc(C=O)n(CC(=O)NC3CCCCC3)n2)c1. The van der Waals surface area contributed by atoms with Crippen molar-refractivity contribution in [3.8, 4) is 0 Å². The van der Waals surface area contributed by atoms with Gasteiger partial charge in [0, 0.05) is 11.7 Å². The Labute approximate surface area is 158 Å². The fourth-order valence-electron chi connectivity index (χ4n) is 3.34. The van der Waals surface area contributed by atoms with Gasteiger partial charge in [-0.15, -0.1) is 0 Å². The summed E-state index contributed by atoms with van der Waals surface area (Å²) in [5.74, 6) is -0.617. The van der Waals surface area contributed by atoms with Crippen LogP contribution in [0.3, 0.4) is 0 Å². The summed E-state index contributed by atoms with van der Waals surface area (Å²) in [6.07, 6.45) is 6.01. The van der Waals surface area contributed by atoms with Crippen molar-refractivity contribution < 1.29 is 14.4 Å². The summed E-state index contributed by atoms with van der Waals surface area (Å²) >= 11 is 0. The van der Waals surface area contributed by atoms with E-state index in [1.807, 2.05) is 25.1 Å². The molecule has 7 heteroatoms. The largest absolute Gasteiger partial charge is 0.352 e. The molecular weight excluding hydrogens is 344 g/mol. The van der Waals surface area contributed by atoms with Crippen molar-refractivity contribution in [2.24, 2.45) is 0 Å². The maximum Gasteiger partial charge on any atom is 0.276 e. The van der Waals surface area contributed by atoms with Gasteiger partial charge in [-0.2, -0.15) is 5.10 Å². The predicted octanol–water partition coefficient (Wildman–Crippen LogP) is 2.71. The average Bonchev–Trinajstić information content (AvgIpc) is 3.05. The molecule has 2 amide bonds. The molecular formula is C20H24N4O3. The Kier molecular flexibility index (Phi) is 6.01. The van der Waals surface area contributed by atoms with Crippen molar-refractivity contribution in [2.75, 3.05) is 5.32 Å². The average molecular weight is 368 g/mol.